The van der Waals surface area contributed by atoms with Crippen molar-refractivity contribution >= 4 is 0 Å². The van der Waals surface area contributed by atoms with Gasteiger partial charge >= 0.3 is 0 Å². The van der Waals surface area contributed by atoms with Crippen molar-refractivity contribution in [2.45, 2.75) is 40.3 Å². The predicted molar refractivity (Wildman–Crippen MR) is 93.2 cm³/mol. The van der Waals surface area contributed by atoms with Gasteiger partial charge in [-0.2, -0.15) is 0 Å². The fraction of sp³-hybridized carbons (Fsp3) is 0.400. The molecule has 0 fully saturated rings. The van der Waals surface area contributed by atoms with Gasteiger partial charge in [-0.1, -0.05) is 50.2 Å². The third kappa shape index (κ3) is 4.88. The monoisotopic (exact) mass is 297 g/mol. The van der Waals surface area contributed by atoms with Crippen molar-refractivity contribution in [3.05, 3.63) is 65.2 Å². The lowest BCUT2D eigenvalue weighted by atomic mass is 10.1. The van der Waals surface area contributed by atoms with E-state index in [1.807, 2.05) is 0 Å². The van der Waals surface area contributed by atoms with Crippen LogP contribution in [0.25, 0.3) is 0 Å². The molecule has 2 nitrogen and oxygen atoms in total. The average molecular weight is 297 g/mol. The standard InChI is InChI=1S/C20H27NO/c1-15(2)14-22-20-11-9-18(10-12-20)17(4)21-13-19-8-6-5-7-16(19)3/h5-12,15,17,21H,13-14H2,1-4H3. The third-order valence-electron chi connectivity index (χ3n) is 3.82. The Morgan fingerprint density at radius 3 is 2.27 bits per heavy atom. The summed E-state index contributed by atoms with van der Waals surface area (Å²) < 4.78 is 5.73. The molecule has 2 aromatic carbocycles. The van der Waals surface area contributed by atoms with E-state index in [9.17, 15) is 0 Å². The molecule has 1 N–H and O–H groups in total. The Morgan fingerprint density at radius 2 is 1.64 bits per heavy atom. The van der Waals surface area contributed by atoms with E-state index in [2.05, 4.69) is 81.5 Å². The number of nitrogens with one attached hydrogen (secondary N) is 1. The Labute approximate surface area is 134 Å². The van der Waals surface area contributed by atoms with Gasteiger partial charge in [-0.15, -0.1) is 0 Å². The molecule has 0 aromatic heterocycles. The molecule has 0 amide bonds. The van der Waals surface area contributed by atoms with E-state index in [1.165, 1.54) is 16.7 Å². The minimum absolute atomic E-state index is 0.318. The van der Waals surface area contributed by atoms with Gasteiger partial charge in [0.15, 0.2) is 0 Å². The van der Waals surface area contributed by atoms with Gasteiger partial charge in [0.1, 0.15) is 5.75 Å². The van der Waals surface area contributed by atoms with E-state index in [0.717, 1.165) is 18.9 Å². The van der Waals surface area contributed by atoms with Crippen LogP contribution in [0.5, 0.6) is 5.75 Å². The van der Waals surface area contributed by atoms with Crippen molar-refractivity contribution in [2.75, 3.05) is 6.61 Å². The summed E-state index contributed by atoms with van der Waals surface area (Å²) in [5.41, 5.74) is 3.97. The van der Waals surface area contributed by atoms with Crippen LogP contribution in [0.2, 0.25) is 0 Å². The Kier molecular flexibility index (Phi) is 6.02. The van der Waals surface area contributed by atoms with Crippen molar-refractivity contribution < 1.29 is 4.74 Å². The molecular weight excluding hydrogens is 270 g/mol. The fourth-order valence-electron chi connectivity index (χ4n) is 2.30. The molecule has 0 bridgehead atoms. The summed E-state index contributed by atoms with van der Waals surface area (Å²) >= 11 is 0. The second-order valence-corrected chi connectivity index (χ2v) is 6.30. The highest BCUT2D eigenvalue weighted by Crippen LogP contribution is 2.19. The second kappa shape index (κ2) is 8.00. The highest BCUT2D eigenvalue weighted by molar-refractivity contribution is 5.29. The fourth-order valence-corrected chi connectivity index (χ4v) is 2.30. The van der Waals surface area contributed by atoms with Gasteiger partial charge in [-0.3, -0.25) is 0 Å². The van der Waals surface area contributed by atoms with Gasteiger partial charge in [0.05, 0.1) is 6.61 Å². The summed E-state index contributed by atoms with van der Waals surface area (Å²) in [6.07, 6.45) is 0. The molecule has 2 aromatic rings. The molecule has 2 heteroatoms. The van der Waals surface area contributed by atoms with Crippen LogP contribution in [-0.2, 0) is 6.54 Å². The number of rotatable bonds is 7. The topological polar surface area (TPSA) is 21.3 Å². The predicted octanol–water partition coefficient (Wildman–Crippen LogP) is 4.88. The van der Waals surface area contributed by atoms with Crippen LogP contribution < -0.4 is 10.1 Å². The van der Waals surface area contributed by atoms with Gasteiger partial charge in [0.2, 0.25) is 0 Å². The zero-order valence-corrected chi connectivity index (χ0v) is 14.1. The molecule has 0 aliphatic rings. The first-order valence-corrected chi connectivity index (χ1v) is 8.07. The van der Waals surface area contributed by atoms with Crippen LogP contribution in [0.15, 0.2) is 48.5 Å². The van der Waals surface area contributed by atoms with Crippen LogP contribution in [0.3, 0.4) is 0 Å². The molecule has 0 spiro atoms. The maximum absolute atomic E-state index is 5.73. The Hall–Kier alpha value is -1.80. The van der Waals surface area contributed by atoms with Crippen molar-refractivity contribution in [1.82, 2.24) is 5.32 Å². The average Bonchev–Trinajstić information content (AvgIpc) is 2.52. The summed E-state index contributed by atoms with van der Waals surface area (Å²) in [5.74, 6) is 1.50. The smallest absolute Gasteiger partial charge is 0.119 e. The number of hydrogen-bond donors (Lipinski definition) is 1. The molecule has 0 aliphatic carbocycles. The van der Waals surface area contributed by atoms with Gasteiger partial charge in [0, 0.05) is 12.6 Å². The Morgan fingerprint density at radius 1 is 0.955 bits per heavy atom. The largest absolute Gasteiger partial charge is 0.493 e. The normalized spacial score (nSPS) is 12.4. The molecule has 0 saturated carbocycles. The van der Waals surface area contributed by atoms with E-state index in [-0.39, 0.29) is 0 Å². The summed E-state index contributed by atoms with van der Waals surface area (Å²) in [6, 6.07) is 17.2. The molecular formula is C20H27NO. The van der Waals surface area contributed by atoms with Crippen LogP contribution in [-0.4, -0.2) is 6.61 Å². The van der Waals surface area contributed by atoms with Crippen molar-refractivity contribution in [2.24, 2.45) is 5.92 Å². The highest BCUT2D eigenvalue weighted by atomic mass is 16.5. The van der Waals surface area contributed by atoms with Gasteiger partial charge in [-0.05, 0) is 48.6 Å². The number of ether oxygens (including phenoxy) is 1. The zero-order valence-electron chi connectivity index (χ0n) is 14.1. The van der Waals surface area contributed by atoms with Crippen LogP contribution in [0.1, 0.15) is 43.5 Å². The zero-order chi connectivity index (χ0) is 15.9. The van der Waals surface area contributed by atoms with Gasteiger partial charge in [0.25, 0.3) is 0 Å². The lowest BCUT2D eigenvalue weighted by molar-refractivity contribution is 0.271. The van der Waals surface area contributed by atoms with Gasteiger partial charge < -0.3 is 10.1 Å². The first-order valence-electron chi connectivity index (χ1n) is 8.07. The van der Waals surface area contributed by atoms with E-state index < -0.39 is 0 Å². The summed E-state index contributed by atoms with van der Waals surface area (Å²) in [7, 11) is 0. The highest BCUT2D eigenvalue weighted by Gasteiger charge is 2.06. The first-order chi connectivity index (χ1) is 10.6. The second-order valence-electron chi connectivity index (χ2n) is 6.30. The summed E-state index contributed by atoms with van der Waals surface area (Å²) in [5, 5.41) is 3.58. The lowest BCUT2D eigenvalue weighted by Gasteiger charge is -2.16. The number of benzene rings is 2. The van der Waals surface area contributed by atoms with E-state index in [1.54, 1.807) is 0 Å². The minimum Gasteiger partial charge on any atom is -0.493 e. The number of hydrogen-bond acceptors (Lipinski definition) is 2. The molecule has 1 atom stereocenters. The molecule has 0 saturated heterocycles. The Balaban J connectivity index is 1.89. The minimum atomic E-state index is 0.318. The van der Waals surface area contributed by atoms with E-state index >= 15 is 0 Å². The van der Waals surface area contributed by atoms with Crippen LogP contribution >= 0.6 is 0 Å². The summed E-state index contributed by atoms with van der Waals surface area (Å²) in [6.45, 7) is 10.3. The molecule has 22 heavy (non-hydrogen) atoms. The number of aryl methyl sites for hydroxylation is 1. The molecule has 0 radical (unpaired) electrons. The maximum atomic E-state index is 5.73. The maximum Gasteiger partial charge on any atom is 0.119 e. The van der Waals surface area contributed by atoms with Crippen LogP contribution in [0.4, 0.5) is 0 Å². The lowest BCUT2D eigenvalue weighted by Crippen LogP contribution is -2.18. The van der Waals surface area contributed by atoms with Crippen molar-refractivity contribution in [1.29, 1.82) is 0 Å². The Bertz CT molecular complexity index is 575. The van der Waals surface area contributed by atoms with Gasteiger partial charge in [-0.25, -0.2) is 0 Å². The van der Waals surface area contributed by atoms with Crippen LogP contribution in [0, 0.1) is 12.8 Å². The van der Waals surface area contributed by atoms with E-state index in [4.69, 9.17) is 4.74 Å². The first kappa shape index (κ1) is 16.6. The molecule has 1 unspecified atom stereocenters. The quantitative estimate of drug-likeness (QED) is 0.786. The third-order valence-corrected chi connectivity index (χ3v) is 3.82. The SMILES string of the molecule is Cc1ccccc1CNC(C)c1ccc(OCC(C)C)cc1. The molecule has 0 aliphatic heterocycles. The molecule has 118 valence electrons. The van der Waals surface area contributed by atoms with Crippen molar-refractivity contribution in [3.63, 3.8) is 0 Å². The summed E-state index contributed by atoms with van der Waals surface area (Å²) in [4.78, 5) is 0. The van der Waals surface area contributed by atoms with Crippen molar-refractivity contribution in [3.8, 4) is 5.75 Å². The van der Waals surface area contributed by atoms with E-state index in [0.29, 0.717) is 12.0 Å². The molecule has 0 heterocycles. The molecule has 2 rings (SSSR count).